The molecule has 0 radical (unpaired) electrons. The second-order valence-electron chi connectivity index (χ2n) is 3.85. The predicted molar refractivity (Wildman–Crippen MR) is 74.5 cm³/mol. The molecule has 0 aliphatic rings. The highest BCUT2D eigenvalue weighted by Crippen LogP contribution is 2.26. The van der Waals surface area contributed by atoms with E-state index < -0.39 is 0 Å². The number of benzene rings is 2. The molecule has 2 aromatic carbocycles. The highest BCUT2D eigenvalue weighted by molar-refractivity contribution is 5.75. The van der Waals surface area contributed by atoms with Crippen molar-refractivity contribution in [2.75, 3.05) is 14.2 Å². The van der Waals surface area contributed by atoms with Gasteiger partial charge in [-0.2, -0.15) is 0 Å². The lowest BCUT2D eigenvalue weighted by atomic mass is 10.00. The molecule has 0 heterocycles. The Kier molecular flexibility index (Phi) is 4.02. The molecule has 0 N–H and O–H groups in total. The van der Waals surface area contributed by atoms with E-state index >= 15 is 0 Å². The van der Waals surface area contributed by atoms with E-state index in [1.807, 2.05) is 30.3 Å². The fraction of sp³-hybridized carbons (Fsp3) is 0.125. The molecular formula is C16H16O2. The molecule has 0 fully saturated rings. The Bertz CT molecular complexity index is 527. The first kappa shape index (κ1) is 12.2. The van der Waals surface area contributed by atoms with Crippen LogP contribution in [0.25, 0.3) is 17.2 Å². The summed E-state index contributed by atoms with van der Waals surface area (Å²) in [6, 6.07) is 16.2. The zero-order valence-corrected chi connectivity index (χ0v) is 10.6. The summed E-state index contributed by atoms with van der Waals surface area (Å²) in [5.74, 6) is 0.865. The van der Waals surface area contributed by atoms with Crippen molar-refractivity contribution < 1.29 is 9.47 Å². The largest absolute Gasteiger partial charge is 0.504 e. The first-order valence-electron chi connectivity index (χ1n) is 5.78. The molecule has 0 aromatic heterocycles. The van der Waals surface area contributed by atoms with E-state index in [0.717, 1.165) is 16.9 Å². The monoisotopic (exact) mass is 240 g/mol. The van der Waals surface area contributed by atoms with Gasteiger partial charge in [0.05, 0.1) is 20.5 Å². The lowest BCUT2D eigenvalue weighted by Gasteiger charge is -2.07. The smallest absolute Gasteiger partial charge is 0.118 e. The summed E-state index contributed by atoms with van der Waals surface area (Å²) in [4.78, 5) is 0. The van der Waals surface area contributed by atoms with Crippen LogP contribution in [0.15, 0.2) is 54.8 Å². The molecule has 0 bridgehead atoms. The third kappa shape index (κ3) is 2.72. The van der Waals surface area contributed by atoms with Gasteiger partial charge < -0.3 is 9.47 Å². The van der Waals surface area contributed by atoms with Crippen LogP contribution in [0.2, 0.25) is 0 Å². The number of hydrogen-bond acceptors (Lipinski definition) is 2. The Morgan fingerprint density at radius 3 is 2.28 bits per heavy atom. The van der Waals surface area contributed by atoms with Crippen LogP contribution < -0.4 is 4.74 Å². The highest BCUT2D eigenvalue weighted by atomic mass is 16.5. The number of ether oxygens (including phenoxy) is 2. The van der Waals surface area contributed by atoms with Crippen molar-refractivity contribution in [3.05, 3.63) is 60.4 Å². The van der Waals surface area contributed by atoms with Crippen molar-refractivity contribution in [2.45, 2.75) is 0 Å². The number of rotatable bonds is 4. The fourth-order valence-electron chi connectivity index (χ4n) is 1.82. The van der Waals surface area contributed by atoms with Gasteiger partial charge in [-0.1, -0.05) is 36.4 Å². The van der Waals surface area contributed by atoms with E-state index in [1.165, 1.54) is 5.56 Å². The van der Waals surface area contributed by atoms with Gasteiger partial charge in [0.1, 0.15) is 5.75 Å². The molecule has 2 rings (SSSR count). The summed E-state index contributed by atoms with van der Waals surface area (Å²) < 4.78 is 10.1. The SMILES string of the molecule is CO/C=C/c1ccccc1-c1ccc(OC)cc1. The third-order valence-corrected chi connectivity index (χ3v) is 2.75. The van der Waals surface area contributed by atoms with Crippen LogP contribution in [0.3, 0.4) is 0 Å². The Hall–Kier alpha value is -2.22. The molecule has 0 aliphatic heterocycles. The van der Waals surface area contributed by atoms with Gasteiger partial charge >= 0.3 is 0 Å². The molecule has 0 spiro atoms. The van der Waals surface area contributed by atoms with E-state index in [9.17, 15) is 0 Å². The molecule has 18 heavy (non-hydrogen) atoms. The zero-order valence-electron chi connectivity index (χ0n) is 10.6. The third-order valence-electron chi connectivity index (χ3n) is 2.75. The van der Waals surface area contributed by atoms with Gasteiger partial charge in [-0.05, 0) is 34.9 Å². The molecule has 0 atom stereocenters. The average Bonchev–Trinajstić information content (AvgIpc) is 2.45. The summed E-state index contributed by atoms with van der Waals surface area (Å²) >= 11 is 0. The van der Waals surface area contributed by atoms with E-state index in [-0.39, 0.29) is 0 Å². The highest BCUT2D eigenvalue weighted by Gasteiger charge is 2.02. The minimum Gasteiger partial charge on any atom is -0.504 e. The van der Waals surface area contributed by atoms with Crippen molar-refractivity contribution in [2.24, 2.45) is 0 Å². The number of methoxy groups -OCH3 is 2. The molecule has 0 saturated carbocycles. The molecule has 0 unspecified atom stereocenters. The van der Waals surface area contributed by atoms with Gasteiger partial charge in [0.2, 0.25) is 0 Å². The quantitative estimate of drug-likeness (QED) is 0.752. The maximum Gasteiger partial charge on any atom is 0.118 e. The van der Waals surface area contributed by atoms with Crippen LogP contribution in [-0.4, -0.2) is 14.2 Å². The summed E-state index contributed by atoms with van der Waals surface area (Å²) in [5.41, 5.74) is 3.46. The summed E-state index contributed by atoms with van der Waals surface area (Å²) in [5, 5.41) is 0. The standard InChI is InChI=1S/C16H16O2/c1-17-12-11-13-5-3-4-6-16(13)14-7-9-15(18-2)10-8-14/h3-12H,1-2H3/b12-11+. The summed E-state index contributed by atoms with van der Waals surface area (Å²) in [7, 11) is 3.32. The van der Waals surface area contributed by atoms with E-state index in [1.54, 1.807) is 20.5 Å². The Morgan fingerprint density at radius 1 is 0.889 bits per heavy atom. The van der Waals surface area contributed by atoms with E-state index in [2.05, 4.69) is 24.3 Å². The topological polar surface area (TPSA) is 18.5 Å². The first-order chi connectivity index (χ1) is 8.85. The Labute approximate surface area is 107 Å². The molecular weight excluding hydrogens is 224 g/mol. The molecule has 2 nitrogen and oxygen atoms in total. The fourth-order valence-corrected chi connectivity index (χ4v) is 1.82. The van der Waals surface area contributed by atoms with E-state index in [4.69, 9.17) is 9.47 Å². The van der Waals surface area contributed by atoms with Gasteiger partial charge in [-0.15, -0.1) is 0 Å². The molecule has 0 saturated heterocycles. The molecule has 2 heteroatoms. The van der Waals surface area contributed by atoms with Gasteiger partial charge in [0, 0.05) is 0 Å². The molecule has 2 aromatic rings. The van der Waals surface area contributed by atoms with Crippen molar-refractivity contribution in [1.29, 1.82) is 0 Å². The predicted octanol–water partition coefficient (Wildman–Crippen LogP) is 3.98. The maximum absolute atomic E-state index is 5.17. The normalized spacial score (nSPS) is 10.6. The molecule has 0 aliphatic carbocycles. The summed E-state index contributed by atoms with van der Waals surface area (Å²) in [6.07, 6.45) is 3.64. The van der Waals surface area contributed by atoms with Crippen molar-refractivity contribution >= 4 is 6.08 Å². The zero-order chi connectivity index (χ0) is 12.8. The van der Waals surface area contributed by atoms with Crippen LogP contribution in [0.5, 0.6) is 5.75 Å². The first-order valence-corrected chi connectivity index (χ1v) is 5.78. The van der Waals surface area contributed by atoms with Crippen molar-refractivity contribution in [3.63, 3.8) is 0 Å². The van der Waals surface area contributed by atoms with Crippen LogP contribution in [-0.2, 0) is 4.74 Å². The second-order valence-corrected chi connectivity index (χ2v) is 3.85. The Morgan fingerprint density at radius 2 is 1.61 bits per heavy atom. The van der Waals surface area contributed by atoms with Crippen molar-refractivity contribution in [1.82, 2.24) is 0 Å². The van der Waals surface area contributed by atoms with Gasteiger partial charge in [0.15, 0.2) is 0 Å². The minimum atomic E-state index is 0.865. The van der Waals surface area contributed by atoms with Crippen LogP contribution in [0, 0.1) is 0 Å². The van der Waals surface area contributed by atoms with Crippen molar-refractivity contribution in [3.8, 4) is 16.9 Å². The van der Waals surface area contributed by atoms with Gasteiger partial charge in [0.25, 0.3) is 0 Å². The summed E-state index contributed by atoms with van der Waals surface area (Å²) in [6.45, 7) is 0. The number of hydrogen-bond donors (Lipinski definition) is 0. The maximum atomic E-state index is 5.17. The van der Waals surface area contributed by atoms with Crippen LogP contribution in [0.4, 0.5) is 0 Å². The Balaban J connectivity index is 2.39. The molecule has 0 amide bonds. The van der Waals surface area contributed by atoms with E-state index in [0.29, 0.717) is 0 Å². The van der Waals surface area contributed by atoms with Gasteiger partial charge in [-0.25, -0.2) is 0 Å². The minimum absolute atomic E-state index is 0.865. The lowest BCUT2D eigenvalue weighted by Crippen LogP contribution is -1.85. The second kappa shape index (κ2) is 5.92. The average molecular weight is 240 g/mol. The molecule has 92 valence electrons. The lowest BCUT2D eigenvalue weighted by molar-refractivity contribution is 0.341. The van der Waals surface area contributed by atoms with Crippen LogP contribution in [0.1, 0.15) is 5.56 Å². The van der Waals surface area contributed by atoms with Crippen LogP contribution >= 0.6 is 0 Å². The van der Waals surface area contributed by atoms with Gasteiger partial charge in [-0.3, -0.25) is 0 Å².